The highest BCUT2D eigenvalue weighted by Gasteiger charge is 2.20. The highest BCUT2D eigenvalue weighted by atomic mass is 16.2. The molecule has 0 saturated heterocycles. The standard InChI is InChI=1S/C15H23N3O/c1-3-16-8-9-17-11-12-4-6-14-13(10-12)5-7-15(19)18(14)2/h4,6,10,16-17H,3,5,7-9,11H2,1-2H3. The predicted molar refractivity (Wildman–Crippen MR) is 78.4 cm³/mol. The number of hydrogen-bond donors (Lipinski definition) is 2. The molecule has 2 N–H and O–H groups in total. The third-order valence-corrected chi connectivity index (χ3v) is 3.55. The van der Waals surface area contributed by atoms with E-state index in [-0.39, 0.29) is 5.91 Å². The van der Waals surface area contributed by atoms with E-state index in [2.05, 4.69) is 35.8 Å². The first-order chi connectivity index (χ1) is 9.22. The maximum Gasteiger partial charge on any atom is 0.227 e. The summed E-state index contributed by atoms with van der Waals surface area (Å²) in [6, 6.07) is 6.39. The molecule has 0 bridgehead atoms. The summed E-state index contributed by atoms with van der Waals surface area (Å²) in [7, 11) is 1.86. The molecule has 4 heteroatoms. The molecule has 1 heterocycles. The van der Waals surface area contributed by atoms with E-state index in [1.807, 2.05) is 7.05 Å². The number of nitrogens with zero attached hydrogens (tertiary/aromatic N) is 1. The fourth-order valence-corrected chi connectivity index (χ4v) is 2.41. The molecule has 0 fully saturated rings. The molecular weight excluding hydrogens is 238 g/mol. The third-order valence-electron chi connectivity index (χ3n) is 3.55. The van der Waals surface area contributed by atoms with Crippen LogP contribution in [0, 0.1) is 0 Å². The van der Waals surface area contributed by atoms with Crippen molar-refractivity contribution in [3.8, 4) is 0 Å². The number of carbonyl (C=O) groups is 1. The van der Waals surface area contributed by atoms with Gasteiger partial charge in [0.15, 0.2) is 0 Å². The van der Waals surface area contributed by atoms with E-state index in [1.165, 1.54) is 11.1 Å². The second-order valence-electron chi connectivity index (χ2n) is 4.95. The van der Waals surface area contributed by atoms with Crippen molar-refractivity contribution in [1.29, 1.82) is 0 Å². The van der Waals surface area contributed by atoms with Crippen LogP contribution in [0.15, 0.2) is 18.2 Å². The van der Waals surface area contributed by atoms with Gasteiger partial charge in [0.05, 0.1) is 0 Å². The number of anilines is 1. The maximum absolute atomic E-state index is 11.6. The summed E-state index contributed by atoms with van der Waals surface area (Å²) < 4.78 is 0. The van der Waals surface area contributed by atoms with E-state index < -0.39 is 0 Å². The Bertz CT molecular complexity index is 445. The molecule has 1 aromatic carbocycles. The van der Waals surface area contributed by atoms with Crippen molar-refractivity contribution in [3.05, 3.63) is 29.3 Å². The molecule has 4 nitrogen and oxygen atoms in total. The molecule has 19 heavy (non-hydrogen) atoms. The number of amides is 1. The second-order valence-corrected chi connectivity index (χ2v) is 4.95. The summed E-state index contributed by atoms with van der Waals surface area (Å²) in [4.78, 5) is 13.4. The van der Waals surface area contributed by atoms with Gasteiger partial charge in [-0.15, -0.1) is 0 Å². The van der Waals surface area contributed by atoms with Crippen LogP contribution in [-0.4, -0.2) is 32.6 Å². The zero-order chi connectivity index (χ0) is 13.7. The zero-order valence-corrected chi connectivity index (χ0v) is 11.8. The molecule has 1 aromatic rings. The van der Waals surface area contributed by atoms with Crippen molar-refractivity contribution < 1.29 is 4.79 Å². The number of hydrogen-bond acceptors (Lipinski definition) is 3. The van der Waals surface area contributed by atoms with Crippen molar-refractivity contribution >= 4 is 11.6 Å². The number of rotatable bonds is 6. The van der Waals surface area contributed by atoms with E-state index >= 15 is 0 Å². The van der Waals surface area contributed by atoms with Gasteiger partial charge in [-0.1, -0.05) is 19.1 Å². The molecule has 1 amide bonds. The van der Waals surface area contributed by atoms with Crippen LogP contribution in [0.25, 0.3) is 0 Å². The fraction of sp³-hybridized carbons (Fsp3) is 0.533. The molecule has 104 valence electrons. The Morgan fingerprint density at radius 1 is 1.21 bits per heavy atom. The van der Waals surface area contributed by atoms with E-state index in [9.17, 15) is 4.79 Å². The first-order valence-electron chi connectivity index (χ1n) is 7.02. The Morgan fingerprint density at radius 3 is 2.79 bits per heavy atom. The van der Waals surface area contributed by atoms with Crippen LogP contribution < -0.4 is 15.5 Å². The summed E-state index contributed by atoms with van der Waals surface area (Å²) in [5.41, 5.74) is 3.64. The van der Waals surface area contributed by atoms with Crippen LogP contribution in [-0.2, 0) is 17.8 Å². The molecule has 0 aromatic heterocycles. The fourth-order valence-electron chi connectivity index (χ4n) is 2.41. The van der Waals surface area contributed by atoms with Gasteiger partial charge in [0, 0.05) is 38.8 Å². The zero-order valence-electron chi connectivity index (χ0n) is 11.8. The number of fused-ring (bicyclic) bond motifs is 1. The molecule has 0 saturated carbocycles. The largest absolute Gasteiger partial charge is 0.316 e. The van der Waals surface area contributed by atoms with Gasteiger partial charge < -0.3 is 15.5 Å². The highest BCUT2D eigenvalue weighted by molar-refractivity contribution is 5.95. The second kappa shape index (κ2) is 6.68. The lowest BCUT2D eigenvalue weighted by atomic mass is 9.99. The molecule has 0 aliphatic carbocycles. The van der Waals surface area contributed by atoms with Gasteiger partial charge in [0.2, 0.25) is 5.91 Å². The van der Waals surface area contributed by atoms with E-state index in [1.54, 1.807) is 4.90 Å². The Hall–Kier alpha value is -1.39. The Kier molecular flexibility index (Phi) is 4.93. The topological polar surface area (TPSA) is 44.4 Å². The molecule has 0 atom stereocenters. The van der Waals surface area contributed by atoms with Crippen molar-refractivity contribution in [1.82, 2.24) is 10.6 Å². The van der Waals surface area contributed by atoms with Gasteiger partial charge in [-0.3, -0.25) is 4.79 Å². The lowest BCUT2D eigenvalue weighted by molar-refractivity contribution is -0.118. The van der Waals surface area contributed by atoms with Crippen LogP contribution >= 0.6 is 0 Å². The van der Waals surface area contributed by atoms with Crippen LogP contribution in [0.3, 0.4) is 0 Å². The van der Waals surface area contributed by atoms with Gasteiger partial charge in [-0.05, 0) is 30.2 Å². The SMILES string of the molecule is CCNCCNCc1ccc2c(c1)CCC(=O)N2C. The van der Waals surface area contributed by atoms with Crippen LogP contribution in [0.5, 0.6) is 0 Å². The monoisotopic (exact) mass is 261 g/mol. The van der Waals surface area contributed by atoms with Crippen LogP contribution in [0.1, 0.15) is 24.5 Å². The minimum absolute atomic E-state index is 0.212. The summed E-state index contributed by atoms with van der Waals surface area (Å²) in [6.07, 6.45) is 1.49. The Labute approximate surface area is 115 Å². The Balaban J connectivity index is 1.92. The lowest BCUT2D eigenvalue weighted by Crippen LogP contribution is -2.31. The third kappa shape index (κ3) is 3.55. The van der Waals surface area contributed by atoms with E-state index in [0.29, 0.717) is 6.42 Å². The number of benzene rings is 1. The molecule has 0 unspecified atom stereocenters. The molecule has 0 spiro atoms. The van der Waals surface area contributed by atoms with Gasteiger partial charge >= 0.3 is 0 Å². The van der Waals surface area contributed by atoms with E-state index in [0.717, 1.165) is 38.3 Å². The number of carbonyl (C=O) groups excluding carboxylic acids is 1. The van der Waals surface area contributed by atoms with Gasteiger partial charge in [-0.2, -0.15) is 0 Å². The smallest absolute Gasteiger partial charge is 0.227 e. The van der Waals surface area contributed by atoms with Crippen molar-refractivity contribution in [2.45, 2.75) is 26.3 Å². The highest BCUT2D eigenvalue weighted by Crippen LogP contribution is 2.27. The van der Waals surface area contributed by atoms with Crippen molar-refractivity contribution in [2.24, 2.45) is 0 Å². The predicted octanol–water partition coefficient (Wildman–Crippen LogP) is 1.29. The van der Waals surface area contributed by atoms with Crippen LogP contribution in [0.4, 0.5) is 5.69 Å². The maximum atomic E-state index is 11.6. The van der Waals surface area contributed by atoms with E-state index in [4.69, 9.17) is 0 Å². The number of aryl methyl sites for hydroxylation is 1. The quantitative estimate of drug-likeness (QED) is 0.759. The molecule has 1 aliphatic heterocycles. The minimum Gasteiger partial charge on any atom is -0.316 e. The molecule has 0 radical (unpaired) electrons. The van der Waals surface area contributed by atoms with Crippen LogP contribution in [0.2, 0.25) is 0 Å². The Morgan fingerprint density at radius 2 is 2.00 bits per heavy atom. The number of likely N-dealkylation sites (N-methyl/N-ethyl adjacent to an activating group) is 1. The molecular formula is C15H23N3O. The average molecular weight is 261 g/mol. The average Bonchev–Trinajstić information content (AvgIpc) is 2.43. The van der Waals surface area contributed by atoms with Gasteiger partial charge in [0.1, 0.15) is 0 Å². The summed E-state index contributed by atoms with van der Waals surface area (Å²) in [5.74, 6) is 0.212. The lowest BCUT2D eigenvalue weighted by Gasteiger charge is -2.26. The first-order valence-corrected chi connectivity index (χ1v) is 7.02. The number of nitrogens with one attached hydrogen (secondary N) is 2. The summed E-state index contributed by atoms with van der Waals surface area (Å²) in [5, 5.41) is 6.71. The van der Waals surface area contributed by atoms with Gasteiger partial charge in [-0.25, -0.2) is 0 Å². The minimum atomic E-state index is 0.212. The summed E-state index contributed by atoms with van der Waals surface area (Å²) in [6.45, 7) is 5.99. The molecule has 1 aliphatic rings. The molecule has 2 rings (SSSR count). The van der Waals surface area contributed by atoms with Gasteiger partial charge in [0.25, 0.3) is 0 Å². The normalized spacial score (nSPS) is 14.6. The summed E-state index contributed by atoms with van der Waals surface area (Å²) >= 11 is 0. The van der Waals surface area contributed by atoms with Crippen molar-refractivity contribution in [3.63, 3.8) is 0 Å². The first kappa shape index (κ1) is 14.0. The van der Waals surface area contributed by atoms with Crippen molar-refractivity contribution in [2.75, 3.05) is 31.6 Å².